The van der Waals surface area contributed by atoms with Gasteiger partial charge in [-0.1, -0.05) is 82.3 Å². The van der Waals surface area contributed by atoms with Crippen LogP contribution < -0.4 is 0 Å². The van der Waals surface area contributed by atoms with E-state index in [1.54, 1.807) is 12.1 Å². The van der Waals surface area contributed by atoms with E-state index in [-0.39, 0.29) is 0 Å². The zero-order chi connectivity index (χ0) is 24.6. The number of hydrogen-bond acceptors (Lipinski definition) is 1. The molecule has 0 aliphatic heterocycles. The Morgan fingerprint density at radius 1 is 0.912 bits per heavy atom. The molecule has 0 saturated heterocycles. The average Bonchev–Trinajstić information content (AvgIpc) is 2.84. The highest BCUT2D eigenvalue weighted by atomic mass is 19.3. The Labute approximate surface area is 201 Å². The van der Waals surface area contributed by atoms with E-state index in [1.165, 1.54) is 50.2 Å². The van der Waals surface area contributed by atoms with Crippen molar-refractivity contribution in [2.75, 3.05) is 0 Å². The molecule has 1 unspecified atom stereocenters. The van der Waals surface area contributed by atoms with E-state index in [1.807, 2.05) is 19.1 Å². The van der Waals surface area contributed by atoms with Gasteiger partial charge in [0.2, 0.25) is 6.17 Å². The second-order valence-electron chi connectivity index (χ2n) is 9.77. The predicted octanol–water partition coefficient (Wildman–Crippen LogP) is 9.45. The largest absolute Gasteiger partial charge is 0.391 e. The molecule has 1 saturated carbocycles. The Balaban J connectivity index is 1.51. The van der Waals surface area contributed by atoms with Crippen LogP contribution in [-0.4, -0.2) is 6.11 Å². The Kier molecular flexibility index (Phi) is 9.99. The Morgan fingerprint density at radius 2 is 1.59 bits per heavy atom. The summed E-state index contributed by atoms with van der Waals surface area (Å²) in [5.41, 5.74) is 1.75. The summed E-state index contributed by atoms with van der Waals surface area (Å²) in [7, 11) is 0. The number of hydrogen-bond donors (Lipinski definition) is 0. The van der Waals surface area contributed by atoms with Crippen LogP contribution in [0.25, 0.3) is 0 Å². The molecule has 1 nitrogen and oxygen atoms in total. The lowest BCUT2D eigenvalue weighted by Crippen LogP contribution is -2.27. The number of benzene rings is 2. The molecule has 1 aliphatic rings. The van der Waals surface area contributed by atoms with Gasteiger partial charge in [-0.15, -0.1) is 0 Å². The normalized spacial score (nSPS) is 19.8. The number of alkyl halides is 3. The molecule has 188 valence electrons. The van der Waals surface area contributed by atoms with Crippen molar-refractivity contribution in [3.05, 3.63) is 70.5 Å². The van der Waals surface area contributed by atoms with Crippen molar-refractivity contribution in [1.82, 2.24) is 0 Å². The molecule has 0 heterocycles. The fraction of sp³-hybridized carbons (Fsp3) is 0.586. The number of halogens is 4. The molecule has 0 amide bonds. The smallest absolute Gasteiger partial charge is 0.313 e. The number of rotatable bonds is 12. The van der Waals surface area contributed by atoms with Crippen molar-refractivity contribution in [1.29, 1.82) is 0 Å². The van der Waals surface area contributed by atoms with Crippen molar-refractivity contribution in [3.63, 3.8) is 0 Å². The molecule has 2 aromatic carbocycles. The molecule has 0 aromatic heterocycles. The van der Waals surface area contributed by atoms with Crippen LogP contribution in [-0.2, 0) is 17.8 Å². The minimum Gasteiger partial charge on any atom is -0.313 e. The lowest BCUT2D eigenvalue weighted by molar-refractivity contribution is -0.282. The number of unbranched alkanes of at least 4 members (excludes halogenated alkanes) is 2. The van der Waals surface area contributed by atoms with Crippen LogP contribution in [0.5, 0.6) is 0 Å². The number of aryl methyl sites for hydroxylation is 1. The summed E-state index contributed by atoms with van der Waals surface area (Å²) >= 11 is 0. The molecule has 0 radical (unpaired) electrons. The van der Waals surface area contributed by atoms with Crippen LogP contribution in [0, 0.1) is 11.7 Å². The molecule has 3 rings (SSSR count). The summed E-state index contributed by atoms with van der Waals surface area (Å²) in [5, 5.41) is 0. The zero-order valence-corrected chi connectivity index (χ0v) is 20.5. The van der Waals surface area contributed by atoms with Gasteiger partial charge in [0.1, 0.15) is 5.82 Å². The SMILES string of the molecule is CCCCCC1CCC(c2ccc(COC(F)(F)C(F)c3ccc(CCC)cc3F)cc2)CC1. The Morgan fingerprint density at radius 3 is 2.21 bits per heavy atom. The van der Waals surface area contributed by atoms with Gasteiger partial charge in [0.05, 0.1) is 6.61 Å². The highest BCUT2D eigenvalue weighted by Gasteiger charge is 2.44. The Hall–Kier alpha value is -1.88. The summed E-state index contributed by atoms with van der Waals surface area (Å²) in [6, 6.07) is 11.2. The molecule has 1 atom stereocenters. The average molecular weight is 479 g/mol. The third kappa shape index (κ3) is 7.31. The molecule has 34 heavy (non-hydrogen) atoms. The van der Waals surface area contributed by atoms with Gasteiger partial charge in [-0.2, -0.15) is 8.78 Å². The highest BCUT2D eigenvalue weighted by Crippen LogP contribution is 2.39. The van der Waals surface area contributed by atoms with Crippen molar-refractivity contribution in [2.45, 2.75) is 103 Å². The first-order chi connectivity index (χ1) is 16.3. The predicted molar refractivity (Wildman–Crippen MR) is 129 cm³/mol. The van der Waals surface area contributed by atoms with Crippen molar-refractivity contribution >= 4 is 0 Å². The molecular formula is C29H38F4O. The van der Waals surface area contributed by atoms with Crippen molar-refractivity contribution in [3.8, 4) is 0 Å². The highest BCUT2D eigenvalue weighted by molar-refractivity contribution is 5.28. The van der Waals surface area contributed by atoms with E-state index in [0.29, 0.717) is 23.5 Å². The lowest BCUT2D eigenvalue weighted by atomic mass is 9.77. The van der Waals surface area contributed by atoms with E-state index in [0.717, 1.165) is 37.3 Å². The minimum absolute atomic E-state index is 0.437. The van der Waals surface area contributed by atoms with E-state index < -0.39 is 30.3 Å². The van der Waals surface area contributed by atoms with Gasteiger partial charge in [0.25, 0.3) is 0 Å². The van der Waals surface area contributed by atoms with E-state index in [9.17, 15) is 17.6 Å². The topological polar surface area (TPSA) is 9.23 Å². The van der Waals surface area contributed by atoms with E-state index in [2.05, 4.69) is 11.7 Å². The first kappa shape index (κ1) is 26.7. The van der Waals surface area contributed by atoms with Crippen LogP contribution in [0.3, 0.4) is 0 Å². The fourth-order valence-corrected chi connectivity index (χ4v) is 5.01. The summed E-state index contributed by atoms with van der Waals surface area (Å²) in [4.78, 5) is 0. The van der Waals surface area contributed by atoms with Gasteiger partial charge in [-0.25, -0.2) is 8.78 Å². The van der Waals surface area contributed by atoms with Gasteiger partial charge in [-0.3, -0.25) is 0 Å². The van der Waals surface area contributed by atoms with Crippen LogP contribution in [0.2, 0.25) is 0 Å². The number of ether oxygens (including phenoxy) is 1. The van der Waals surface area contributed by atoms with Crippen molar-refractivity contribution < 1.29 is 22.3 Å². The van der Waals surface area contributed by atoms with Crippen LogP contribution >= 0.6 is 0 Å². The standard InChI is InChI=1S/C29H38F4O/c1-3-5-6-8-21-9-14-24(15-10-21)25-16-11-23(12-17-25)20-34-29(32,33)28(31)26-18-13-22(7-4-2)19-27(26)30/h11-13,16-19,21,24,28H,3-10,14-15,20H2,1-2H3. The van der Waals surface area contributed by atoms with Crippen LogP contribution in [0.4, 0.5) is 17.6 Å². The first-order valence-corrected chi connectivity index (χ1v) is 12.9. The summed E-state index contributed by atoms with van der Waals surface area (Å²) < 4.78 is 62.1. The van der Waals surface area contributed by atoms with Gasteiger partial charge in [0, 0.05) is 5.56 Å². The maximum atomic E-state index is 14.5. The molecular weight excluding hydrogens is 440 g/mol. The summed E-state index contributed by atoms with van der Waals surface area (Å²) in [5.74, 6) is 0.373. The molecule has 1 fully saturated rings. The second kappa shape index (κ2) is 12.7. The summed E-state index contributed by atoms with van der Waals surface area (Å²) in [6.07, 6.45) is 4.45. The summed E-state index contributed by atoms with van der Waals surface area (Å²) in [6.45, 7) is 3.72. The third-order valence-corrected chi connectivity index (χ3v) is 7.12. The monoisotopic (exact) mass is 478 g/mol. The molecule has 0 N–H and O–H groups in total. The van der Waals surface area contributed by atoms with Crippen LogP contribution in [0.1, 0.15) is 106 Å². The van der Waals surface area contributed by atoms with Gasteiger partial charge >= 0.3 is 6.11 Å². The molecule has 0 bridgehead atoms. The first-order valence-electron chi connectivity index (χ1n) is 12.9. The van der Waals surface area contributed by atoms with Crippen LogP contribution in [0.15, 0.2) is 42.5 Å². The van der Waals surface area contributed by atoms with Gasteiger partial charge < -0.3 is 4.74 Å². The zero-order valence-electron chi connectivity index (χ0n) is 20.5. The Bertz CT molecular complexity index is 872. The van der Waals surface area contributed by atoms with Crippen molar-refractivity contribution in [2.24, 2.45) is 5.92 Å². The van der Waals surface area contributed by atoms with E-state index in [4.69, 9.17) is 0 Å². The third-order valence-electron chi connectivity index (χ3n) is 7.12. The molecule has 5 heteroatoms. The minimum atomic E-state index is -4.12. The molecule has 0 spiro atoms. The lowest BCUT2D eigenvalue weighted by Gasteiger charge is -2.29. The van der Waals surface area contributed by atoms with Gasteiger partial charge in [-0.05, 0) is 66.7 Å². The maximum absolute atomic E-state index is 14.5. The van der Waals surface area contributed by atoms with Gasteiger partial charge in [0.15, 0.2) is 0 Å². The van der Waals surface area contributed by atoms with E-state index >= 15 is 0 Å². The quantitative estimate of drug-likeness (QED) is 0.218. The fourth-order valence-electron chi connectivity index (χ4n) is 5.01. The molecule has 2 aromatic rings. The maximum Gasteiger partial charge on any atom is 0.391 e. The second-order valence-corrected chi connectivity index (χ2v) is 9.77. The molecule has 1 aliphatic carbocycles.